The van der Waals surface area contributed by atoms with Crippen LogP contribution in [0.4, 0.5) is 0 Å². The zero-order chi connectivity index (χ0) is 9.12. The van der Waals surface area contributed by atoms with Crippen LogP contribution in [0.15, 0.2) is 0 Å². The van der Waals surface area contributed by atoms with Crippen molar-refractivity contribution in [3.05, 3.63) is 0 Å². The van der Waals surface area contributed by atoms with Crippen LogP contribution in [-0.4, -0.2) is 9.49 Å². The first-order chi connectivity index (χ1) is 4.83. The first-order valence-electron chi connectivity index (χ1n) is 4.53. The first-order valence-corrected chi connectivity index (χ1v) is 5.35. The second kappa shape index (κ2) is 3.84. The summed E-state index contributed by atoms with van der Waals surface area (Å²) in [6.07, 6.45) is 2.50. The molecule has 0 aromatic rings. The summed E-state index contributed by atoms with van der Waals surface area (Å²) in [6, 6.07) is 0. The maximum Gasteiger partial charge on any atom is 0.0106 e. The molecule has 0 spiro atoms. The quantitative estimate of drug-likeness (QED) is 0.618. The summed E-state index contributed by atoms with van der Waals surface area (Å²) in [5.74, 6) is 0. The van der Waals surface area contributed by atoms with Gasteiger partial charge in [0, 0.05) is 9.49 Å². The molecule has 0 saturated carbocycles. The second-order valence-electron chi connectivity index (χ2n) is 4.33. The Hall–Kier alpha value is 0.350. The van der Waals surface area contributed by atoms with Crippen LogP contribution in [-0.2, 0) is 0 Å². The molecule has 1 heteroatoms. The highest BCUT2D eigenvalue weighted by molar-refractivity contribution is 8.01. The Bertz CT molecular complexity index is 100. The van der Waals surface area contributed by atoms with Crippen molar-refractivity contribution in [1.29, 1.82) is 0 Å². The molecule has 0 bridgehead atoms. The average Bonchev–Trinajstić information content (AvgIpc) is 1.86. The molecule has 0 N–H and O–H groups in total. The Morgan fingerprint density at radius 3 is 1.27 bits per heavy atom. The van der Waals surface area contributed by atoms with E-state index in [1.165, 1.54) is 12.8 Å². The minimum Gasteiger partial charge on any atom is -0.150 e. The molecule has 0 aromatic carbocycles. The van der Waals surface area contributed by atoms with Crippen LogP contribution >= 0.6 is 11.8 Å². The van der Waals surface area contributed by atoms with Gasteiger partial charge in [-0.3, -0.25) is 0 Å². The van der Waals surface area contributed by atoms with E-state index in [1.54, 1.807) is 0 Å². The van der Waals surface area contributed by atoms with Gasteiger partial charge in [-0.2, -0.15) is 0 Å². The molecule has 0 unspecified atom stereocenters. The maximum atomic E-state index is 2.33. The minimum atomic E-state index is 0.444. The smallest absolute Gasteiger partial charge is 0.0106 e. The van der Waals surface area contributed by atoms with E-state index in [0.29, 0.717) is 9.49 Å². The predicted molar refractivity (Wildman–Crippen MR) is 56.3 cm³/mol. The molecular formula is C10H22S. The van der Waals surface area contributed by atoms with Gasteiger partial charge in [-0.05, 0) is 12.8 Å². The van der Waals surface area contributed by atoms with Gasteiger partial charge in [-0.25, -0.2) is 0 Å². The average molecular weight is 174 g/mol. The van der Waals surface area contributed by atoms with Crippen molar-refractivity contribution in [2.45, 2.75) is 63.9 Å². The molecule has 0 aliphatic carbocycles. The van der Waals surface area contributed by atoms with E-state index in [0.717, 1.165) is 0 Å². The molecule has 0 heterocycles. The van der Waals surface area contributed by atoms with E-state index in [4.69, 9.17) is 0 Å². The zero-order valence-electron chi connectivity index (χ0n) is 8.82. The fourth-order valence-electron chi connectivity index (χ4n) is 0.892. The summed E-state index contributed by atoms with van der Waals surface area (Å²) >= 11 is 2.10. The van der Waals surface area contributed by atoms with Crippen molar-refractivity contribution in [1.82, 2.24) is 0 Å². The molecule has 68 valence electrons. The normalized spacial score (nSPS) is 13.6. The molecule has 0 aliphatic rings. The van der Waals surface area contributed by atoms with Crippen molar-refractivity contribution in [2.75, 3.05) is 0 Å². The van der Waals surface area contributed by atoms with E-state index in [2.05, 4.69) is 53.3 Å². The summed E-state index contributed by atoms with van der Waals surface area (Å²) in [5.41, 5.74) is 0. The Kier molecular flexibility index (Phi) is 3.96. The lowest BCUT2D eigenvalue weighted by atomic mass is 10.1. The molecule has 0 saturated heterocycles. The van der Waals surface area contributed by atoms with Gasteiger partial charge < -0.3 is 0 Å². The summed E-state index contributed by atoms with van der Waals surface area (Å²) in [4.78, 5) is 0. The van der Waals surface area contributed by atoms with Crippen LogP contribution in [0, 0.1) is 0 Å². The van der Waals surface area contributed by atoms with Gasteiger partial charge in [0.1, 0.15) is 0 Å². The lowest BCUT2D eigenvalue weighted by Gasteiger charge is -2.33. The number of rotatable bonds is 4. The van der Waals surface area contributed by atoms with Gasteiger partial charge in [-0.1, -0.05) is 41.5 Å². The van der Waals surface area contributed by atoms with E-state index in [9.17, 15) is 0 Å². The molecule has 0 amide bonds. The standard InChI is InChI=1S/C10H22S/c1-7-9(3,4)11-10(5,6)8-2/h7-8H2,1-6H3. The Morgan fingerprint density at radius 1 is 0.818 bits per heavy atom. The third-order valence-electron chi connectivity index (χ3n) is 2.26. The molecule has 0 atom stereocenters. The third kappa shape index (κ3) is 4.73. The molecule has 0 aliphatic heterocycles. The van der Waals surface area contributed by atoms with Gasteiger partial charge >= 0.3 is 0 Å². The van der Waals surface area contributed by atoms with Crippen LogP contribution in [0.1, 0.15) is 54.4 Å². The van der Waals surface area contributed by atoms with E-state index >= 15 is 0 Å². The molecule has 0 fully saturated rings. The van der Waals surface area contributed by atoms with Crippen molar-refractivity contribution in [2.24, 2.45) is 0 Å². The van der Waals surface area contributed by atoms with Crippen molar-refractivity contribution in [3.63, 3.8) is 0 Å². The number of hydrogen-bond donors (Lipinski definition) is 0. The van der Waals surface area contributed by atoms with E-state index in [1.807, 2.05) is 0 Å². The molecule has 0 nitrogen and oxygen atoms in total. The lowest BCUT2D eigenvalue weighted by Crippen LogP contribution is -2.24. The van der Waals surface area contributed by atoms with Gasteiger partial charge in [0.25, 0.3) is 0 Å². The van der Waals surface area contributed by atoms with Gasteiger partial charge in [0.2, 0.25) is 0 Å². The Labute approximate surface area is 76.1 Å². The van der Waals surface area contributed by atoms with Crippen molar-refractivity contribution < 1.29 is 0 Å². The van der Waals surface area contributed by atoms with Crippen molar-refractivity contribution >= 4 is 11.8 Å². The first kappa shape index (κ1) is 11.4. The van der Waals surface area contributed by atoms with E-state index < -0.39 is 0 Å². The Morgan fingerprint density at radius 2 is 1.09 bits per heavy atom. The lowest BCUT2D eigenvalue weighted by molar-refractivity contribution is 0.631. The summed E-state index contributed by atoms with van der Waals surface area (Å²) in [6.45, 7) is 13.8. The van der Waals surface area contributed by atoms with Gasteiger partial charge in [-0.15, -0.1) is 11.8 Å². The van der Waals surface area contributed by atoms with Gasteiger partial charge in [0.05, 0.1) is 0 Å². The van der Waals surface area contributed by atoms with Crippen LogP contribution in [0.3, 0.4) is 0 Å². The van der Waals surface area contributed by atoms with Crippen molar-refractivity contribution in [3.8, 4) is 0 Å². The molecule has 11 heavy (non-hydrogen) atoms. The topological polar surface area (TPSA) is 0 Å². The third-order valence-corrected chi connectivity index (χ3v) is 3.94. The maximum absolute atomic E-state index is 2.33. The summed E-state index contributed by atoms with van der Waals surface area (Å²) in [7, 11) is 0. The SMILES string of the molecule is CCC(C)(C)SC(C)(C)CC. The Balaban J connectivity index is 4.02. The highest BCUT2D eigenvalue weighted by Crippen LogP contribution is 2.40. The fraction of sp³-hybridized carbons (Fsp3) is 1.00. The van der Waals surface area contributed by atoms with Crippen LogP contribution in [0.2, 0.25) is 0 Å². The summed E-state index contributed by atoms with van der Waals surface area (Å²) in [5, 5.41) is 0. The fourth-order valence-corrected chi connectivity index (χ4v) is 2.68. The van der Waals surface area contributed by atoms with Crippen LogP contribution in [0.25, 0.3) is 0 Å². The molecular weight excluding hydrogens is 152 g/mol. The number of hydrogen-bond acceptors (Lipinski definition) is 1. The largest absolute Gasteiger partial charge is 0.150 e. The van der Waals surface area contributed by atoms with Crippen LogP contribution < -0.4 is 0 Å². The van der Waals surface area contributed by atoms with Gasteiger partial charge in [0.15, 0.2) is 0 Å². The predicted octanol–water partition coefficient (Wildman–Crippen LogP) is 4.10. The zero-order valence-corrected chi connectivity index (χ0v) is 9.64. The van der Waals surface area contributed by atoms with Crippen LogP contribution in [0.5, 0.6) is 0 Å². The van der Waals surface area contributed by atoms with E-state index in [-0.39, 0.29) is 0 Å². The summed E-state index contributed by atoms with van der Waals surface area (Å²) < 4.78 is 0.888. The molecule has 0 rings (SSSR count). The monoisotopic (exact) mass is 174 g/mol. The second-order valence-corrected chi connectivity index (χ2v) is 6.74. The highest BCUT2D eigenvalue weighted by Gasteiger charge is 2.26. The molecule has 0 aromatic heterocycles. The molecule has 0 radical (unpaired) electrons. The minimum absolute atomic E-state index is 0.444. The number of thioether (sulfide) groups is 1. The highest BCUT2D eigenvalue weighted by atomic mass is 32.2.